The monoisotopic (exact) mass is 319 g/mol. The first kappa shape index (κ1) is 14.6. The first-order valence-corrected chi connectivity index (χ1v) is 8.05. The van der Waals surface area contributed by atoms with Crippen LogP contribution in [0.15, 0.2) is 59.4 Å². The fourth-order valence-electron chi connectivity index (χ4n) is 3.20. The van der Waals surface area contributed by atoms with Crippen molar-refractivity contribution in [1.82, 2.24) is 14.9 Å². The van der Waals surface area contributed by atoms with Gasteiger partial charge in [-0.1, -0.05) is 42.5 Å². The molecule has 0 saturated heterocycles. The number of fused-ring (bicyclic) bond motifs is 2. The second kappa shape index (κ2) is 5.92. The van der Waals surface area contributed by atoms with E-state index < -0.39 is 0 Å². The number of carbonyl (C=O) groups is 1. The minimum Gasteiger partial charge on any atom is -0.346 e. The van der Waals surface area contributed by atoms with Gasteiger partial charge < -0.3 is 5.32 Å². The third kappa shape index (κ3) is 2.58. The van der Waals surface area contributed by atoms with Crippen LogP contribution in [-0.2, 0) is 17.8 Å². The number of carbonyl (C=O) groups excluding carboxylic acids is 1. The van der Waals surface area contributed by atoms with Crippen molar-refractivity contribution in [2.75, 3.05) is 0 Å². The summed E-state index contributed by atoms with van der Waals surface area (Å²) in [6.07, 6.45) is 0.898. The number of amides is 1. The molecule has 1 aliphatic rings. The van der Waals surface area contributed by atoms with Gasteiger partial charge in [0.05, 0.1) is 16.9 Å². The summed E-state index contributed by atoms with van der Waals surface area (Å²) in [6.45, 7) is 0.364. The molecule has 0 fully saturated rings. The fourth-order valence-corrected chi connectivity index (χ4v) is 3.20. The van der Waals surface area contributed by atoms with E-state index in [-0.39, 0.29) is 23.9 Å². The Morgan fingerprint density at radius 1 is 1.04 bits per heavy atom. The van der Waals surface area contributed by atoms with E-state index in [1.165, 1.54) is 0 Å². The zero-order valence-electron chi connectivity index (χ0n) is 13.1. The summed E-state index contributed by atoms with van der Waals surface area (Å²) in [5.41, 5.74) is 1.69. The van der Waals surface area contributed by atoms with Crippen molar-refractivity contribution >= 4 is 16.8 Å². The van der Waals surface area contributed by atoms with Crippen molar-refractivity contribution in [3.8, 4) is 0 Å². The molecular weight excluding hydrogens is 302 g/mol. The van der Waals surface area contributed by atoms with Crippen molar-refractivity contribution in [3.05, 3.63) is 76.3 Å². The number of hydrogen-bond donors (Lipinski definition) is 1. The molecular formula is C19H17N3O2. The van der Waals surface area contributed by atoms with E-state index in [1.54, 1.807) is 10.6 Å². The Morgan fingerprint density at radius 3 is 2.62 bits per heavy atom. The van der Waals surface area contributed by atoms with Crippen LogP contribution in [0, 0.1) is 0 Å². The van der Waals surface area contributed by atoms with Crippen molar-refractivity contribution < 1.29 is 4.79 Å². The maximum atomic E-state index is 12.8. The van der Waals surface area contributed by atoms with Crippen molar-refractivity contribution in [2.24, 2.45) is 0 Å². The Kier molecular flexibility index (Phi) is 3.61. The number of para-hydroxylation sites is 1. The van der Waals surface area contributed by atoms with E-state index in [0.29, 0.717) is 29.7 Å². The van der Waals surface area contributed by atoms with E-state index in [4.69, 9.17) is 4.98 Å². The fraction of sp³-hybridized carbons (Fsp3) is 0.211. The molecule has 0 bridgehead atoms. The zero-order chi connectivity index (χ0) is 16.5. The molecule has 5 nitrogen and oxygen atoms in total. The topological polar surface area (TPSA) is 64.0 Å². The quantitative estimate of drug-likeness (QED) is 0.787. The van der Waals surface area contributed by atoms with E-state index in [2.05, 4.69) is 5.32 Å². The number of benzene rings is 2. The third-order valence-electron chi connectivity index (χ3n) is 4.38. The van der Waals surface area contributed by atoms with E-state index in [1.807, 2.05) is 48.5 Å². The van der Waals surface area contributed by atoms with Gasteiger partial charge in [0.2, 0.25) is 5.91 Å². The molecule has 4 rings (SSSR count). The molecule has 5 heteroatoms. The molecule has 1 amide bonds. The summed E-state index contributed by atoms with van der Waals surface area (Å²) in [4.78, 5) is 29.6. The van der Waals surface area contributed by atoms with Crippen LogP contribution in [0.5, 0.6) is 0 Å². The SMILES string of the molecule is O=C1CCn2c(nc3ccccc3c2=O)[C@H](Cc2ccccc2)N1. The van der Waals surface area contributed by atoms with Gasteiger partial charge in [-0.25, -0.2) is 4.98 Å². The van der Waals surface area contributed by atoms with E-state index in [9.17, 15) is 9.59 Å². The second-order valence-electron chi connectivity index (χ2n) is 6.00. The smallest absolute Gasteiger partial charge is 0.261 e. The van der Waals surface area contributed by atoms with Gasteiger partial charge in [-0.2, -0.15) is 0 Å². The Balaban J connectivity index is 1.87. The lowest BCUT2D eigenvalue weighted by molar-refractivity contribution is -0.121. The molecule has 0 spiro atoms. The molecule has 0 radical (unpaired) electrons. The molecule has 1 aliphatic heterocycles. The molecule has 0 saturated carbocycles. The predicted octanol–water partition coefficient (Wildman–Crippen LogP) is 2.20. The van der Waals surface area contributed by atoms with Gasteiger partial charge in [0.15, 0.2) is 0 Å². The third-order valence-corrected chi connectivity index (χ3v) is 4.38. The lowest BCUT2D eigenvalue weighted by Crippen LogP contribution is -2.31. The number of hydrogen-bond acceptors (Lipinski definition) is 3. The Bertz CT molecular complexity index is 963. The molecule has 1 N–H and O–H groups in total. The summed E-state index contributed by atoms with van der Waals surface area (Å²) < 4.78 is 1.65. The van der Waals surface area contributed by atoms with Gasteiger partial charge in [-0.15, -0.1) is 0 Å². The van der Waals surface area contributed by atoms with Crippen LogP contribution in [0.25, 0.3) is 10.9 Å². The Morgan fingerprint density at radius 2 is 1.79 bits per heavy atom. The Hall–Kier alpha value is -2.95. The predicted molar refractivity (Wildman–Crippen MR) is 91.6 cm³/mol. The van der Waals surface area contributed by atoms with Gasteiger partial charge in [-0.05, 0) is 24.1 Å². The summed E-state index contributed by atoms with van der Waals surface area (Å²) in [5.74, 6) is 0.582. The van der Waals surface area contributed by atoms with Crippen molar-refractivity contribution in [3.63, 3.8) is 0 Å². The molecule has 120 valence electrons. The van der Waals surface area contributed by atoms with Gasteiger partial charge in [0, 0.05) is 13.0 Å². The first-order valence-electron chi connectivity index (χ1n) is 8.05. The summed E-state index contributed by atoms with van der Waals surface area (Å²) in [6, 6.07) is 16.9. The molecule has 2 aromatic carbocycles. The van der Waals surface area contributed by atoms with Crippen LogP contribution in [-0.4, -0.2) is 15.5 Å². The average molecular weight is 319 g/mol. The van der Waals surface area contributed by atoms with Gasteiger partial charge in [0.25, 0.3) is 5.56 Å². The molecule has 0 unspecified atom stereocenters. The molecule has 2 heterocycles. The first-order chi connectivity index (χ1) is 11.7. The summed E-state index contributed by atoms with van der Waals surface area (Å²) in [5, 5.41) is 3.61. The zero-order valence-corrected chi connectivity index (χ0v) is 13.1. The molecule has 24 heavy (non-hydrogen) atoms. The van der Waals surface area contributed by atoms with Crippen LogP contribution in [0.1, 0.15) is 23.9 Å². The van der Waals surface area contributed by atoms with Crippen LogP contribution in [0.4, 0.5) is 0 Å². The highest BCUT2D eigenvalue weighted by Gasteiger charge is 2.25. The number of nitrogens with one attached hydrogen (secondary N) is 1. The normalized spacial score (nSPS) is 17.2. The molecule has 1 atom stereocenters. The molecule has 0 aliphatic carbocycles. The number of rotatable bonds is 2. The van der Waals surface area contributed by atoms with Crippen LogP contribution in [0.3, 0.4) is 0 Å². The largest absolute Gasteiger partial charge is 0.346 e. The highest BCUT2D eigenvalue weighted by atomic mass is 16.2. The summed E-state index contributed by atoms with van der Waals surface area (Å²) in [7, 11) is 0. The van der Waals surface area contributed by atoms with Gasteiger partial charge in [-0.3, -0.25) is 14.2 Å². The Labute approximate surface area is 139 Å². The van der Waals surface area contributed by atoms with Gasteiger partial charge in [0.1, 0.15) is 5.82 Å². The van der Waals surface area contributed by atoms with Gasteiger partial charge >= 0.3 is 0 Å². The number of aromatic nitrogens is 2. The second-order valence-corrected chi connectivity index (χ2v) is 6.00. The molecule has 1 aromatic heterocycles. The number of nitrogens with zero attached hydrogens (tertiary/aromatic N) is 2. The van der Waals surface area contributed by atoms with Crippen molar-refractivity contribution in [2.45, 2.75) is 25.4 Å². The molecule has 3 aromatic rings. The van der Waals surface area contributed by atoms with Crippen LogP contribution < -0.4 is 10.9 Å². The standard InChI is InChI=1S/C19H17N3O2/c23-17-10-11-22-18(16(20-17)12-13-6-2-1-3-7-13)21-15-9-5-4-8-14(15)19(22)24/h1-9,16H,10-12H2,(H,20,23)/t16-/m0/s1. The van der Waals surface area contributed by atoms with E-state index >= 15 is 0 Å². The van der Waals surface area contributed by atoms with Crippen LogP contribution in [0.2, 0.25) is 0 Å². The van der Waals surface area contributed by atoms with E-state index in [0.717, 1.165) is 5.56 Å². The lowest BCUT2D eigenvalue weighted by Gasteiger charge is -2.19. The summed E-state index contributed by atoms with van der Waals surface area (Å²) >= 11 is 0. The highest BCUT2D eigenvalue weighted by molar-refractivity contribution is 5.79. The minimum atomic E-state index is -0.306. The van der Waals surface area contributed by atoms with Crippen LogP contribution >= 0.6 is 0 Å². The maximum Gasteiger partial charge on any atom is 0.261 e. The van der Waals surface area contributed by atoms with Crippen molar-refractivity contribution in [1.29, 1.82) is 0 Å². The minimum absolute atomic E-state index is 0.0510. The average Bonchev–Trinajstić information content (AvgIpc) is 2.76. The maximum absolute atomic E-state index is 12.8. The lowest BCUT2D eigenvalue weighted by atomic mass is 10.0. The highest BCUT2D eigenvalue weighted by Crippen LogP contribution is 2.21.